The number of nitrogens with one attached hydrogen (secondary N) is 1. The number of hydrogen-bond donors (Lipinski definition) is 2. The van der Waals surface area contributed by atoms with Crippen LogP contribution in [0.15, 0.2) is 18.2 Å². The topological polar surface area (TPSA) is 49.3 Å². The molecule has 0 amide bonds. The van der Waals surface area contributed by atoms with Gasteiger partial charge in [0.05, 0.1) is 16.1 Å². The first-order chi connectivity index (χ1) is 7.35. The van der Waals surface area contributed by atoms with E-state index in [1.165, 1.54) is 6.07 Å². The third kappa shape index (κ3) is 2.91. The van der Waals surface area contributed by atoms with Crippen LogP contribution in [0.5, 0.6) is 0 Å². The van der Waals surface area contributed by atoms with E-state index in [-0.39, 0.29) is 10.6 Å². The van der Waals surface area contributed by atoms with E-state index in [1.54, 1.807) is 12.1 Å². The van der Waals surface area contributed by atoms with E-state index in [0.717, 1.165) is 0 Å². The molecule has 0 fully saturated rings. The fraction of sp³-hybridized carbons (Fsp3) is 0.250. The molecule has 0 atom stereocenters. The van der Waals surface area contributed by atoms with Gasteiger partial charge in [-0.2, -0.15) is 0 Å². The molecule has 2 N–H and O–H groups in total. The van der Waals surface area contributed by atoms with Crippen LogP contribution in [0.2, 0.25) is 5.02 Å². The molecule has 0 heterocycles. The third-order valence-corrected chi connectivity index (χ3v) is 2.33. The van der Waals surface area contributed by atoms with Crippen LogP contribution in [0.3, 0.4) is 0 Å². The first-order valence-corrected chi connectivity index (χ1v) is 5.02. The predicted octanol–water partition coefficient (Wildman–Crippen LogP) is 2.86. The highest BCUT2D eigenvalue weighted by Crippen LogP contribution is 2.23. The molecule has 0 spiro atoms. The molecule has 0 aliphatic carbocycles. The largest absolute Gasteiger partial charge is 0.478 e. The summed E-state index contributed by atoms with van der Waals surface area (Å²) in [6, 6.07) is 4.62. The number of aromatic carboxylic acids is 1. The zero-order chi connectivity index (χ0) is 12.3. The maximum absolute atomic E-state index is 10.7. The molecule has 3 nitrogen and oxygen atoms in total. The molecule has 0 bridgehead atoms. The molecule has 1 rings (SSSR count). The Hall–Kier alpha value is -1.66. The summed E-state index contributed by atoms with van der Waals surface area (Å²) in [5.74, 6) is 1.53. The molecule has 0 saturated carbocycles. The normalized spacial score (nSPS) is 10.6. The Morgan fingerprint density at radius 1 is 1.56 bits per heavy atom. The van der Waals surface area contributed by atoms with Gasteiger partial charge in [-0.25, -0.2) is 4.79 Å². The van der Waals surface area contributed by atoms with Crippen molar-refractivity contribution in [1.29, 1.82) is 0 Å². The average Bonchev–Trinajstić information content (AvgIpc) is 2.16. The molecule has 0 radical (unpaired) electrons. The summed E-state index contributed by atoms with van der Waals surface area (Å²) in [5.41, 5.74) is 0.261. The number of benzene rings is 1. The minimum Gasteiger partial charge on any atom is -0.478 e. The second-order valence-corrected chi connectivity index (χ2v) is 4.30. The van der Waals surface area contributed by atoms with E-state index in [4.69, 9.17) is 23.1 Å². The Morgan fingerprint density at radius 3 is 2.62 bits per heavy atom. The fourth-order valence-corrected chi connectivity index (χ4v) is 1.42. The second-order valence-electron chi connectivity index (χ2n) is 3.89. The summed E-state index contributed by atoms with van der Waals surface area (Å²) in [7, 11) is 0. The van der Waals surface area contributed by atoms with Crippen molar-refractivity contribution in [3.05, 3.63) is 28.8 Å². The van der Waals surface area contributed by atoms with Gasteiger partial charge in [0.2, 0.25) is 0 Å². The second kappa shape index (κ2) is 4.46. The van der Waals surface area contributed by atoms with Gasteiger partial charge in [-0.1, -0.05) is 17.5 Å². The van der Waals surface area contributed by atoms with Gasteiger partial charge in [-0.15, -0.1) is 6.42 Å². The van der Waals surface area contributed by atoms with Gasteiger partial charge in [-0.05, 0) is 32.0 Å². The van der Waals surface area contributed by atoms with Crippen molar-refractivity contribution in [2.45, 2.75) is 19.4 Å². The highest BCUT2D eigenvalue weighted by molar-refractivity contribution is 6.33. The molecule has 0 saturated heterocycles. The number of carboxylic acids is 1. The van der Waals surface area contributed by atoms with E-state index in [9.17, 15) is 4.79 Å². The number of anilines is 1. The Balaban J connectivity index is 2.99. The molecule has 1 aromatic carbocycles. The zero-order valence-electron chi connectivity index (χ0n) is 9.04. The van der Waals surface area contributed by atoms with Gasteiger partial charge in [0.25, 0.3) is 0 Å². The summed E-state index contributed by atoms with van der Waals surface area (Å²) < 4.78 is 0. The zero-order valence-corrected chi connectivity index (χ0v) is 9.80. The monoisotopic (exact) mass is 237 g/mol. The van der Waals surface area contributed by atoms with Gasteiger partial charge >= 0.3 is 5.97 Å². The van der Waals surface area contributed by atoms with Gasteiger partial charge in [0.1, 0.15) is 0 Å². The van der Waals surface area contributed by atoms with Gasteiger partial charge < -0.3 is 10.4 Å². The number of carboxylic acid groups (broad SMARTS) is 1. The maximum atomic E-state index is 10.7. The summed E-state index contributed by atoms with van der Waals surface area (Å²) in [4.78, 5) is 10.7. The Kier molecular flexibility index (Phi) is 3.46. The van der Waals surface area contributed by atoms with Crippen molar-refractivity contribution in [3.63, 3.8) is 0 Å². The summed E-state index contributed by atoms with van der Waals surface area (Å²) in [6.45, 7) is 3.68. The Bertz CT molecular complexity index is 461. The van der Waals surface area contributed by atoms with Crippen molar-refractivity contribution in [2.75, 3.05) is 5.32 Å². The number of carbonyl (C=O) groups is 1. The Labute approximate surface area is 99.4 Å². The van der Waals surface area contributed by atoms with Crippen LogP contribution in [0, 0.1) is 12.3 Å². The maximum Gasteiger partial charge on any atom is 0.337 e. The fourth-order valence-electron chi connectivity index (χ4n) is 1.16. The molecule has 0 aliphatic rings. The number of terminal acetylenes is 1. The molecule has 84 valence electrons. The SMILES string of the molecule is C#CC(C)(C)Nc1ccc(C(=O)O)c(Cl)c1. The van der Waals surface area contributed by atoms with Crippen molar-refractivity contribution >= 4 is 23.3 Å². The standard InChI is InChI=1S/C12H12ClNO2/c1-4-12(2,3)14-8-5-6-9(11(15)16)10(13)7-8/h1,5-7,14H,2-3H3,(H,15,16). The molecule has 0 unspecified atom stereocenters. The van der Waals surface area contributed by atoms with Gasteiger partial charge in [0.15, 0.2) is 0 Å². The first-order valence-electron chi connectivity index (χ1n) is 4.64. The lowest BCUT2D eigenvalue weighted by Gasteiger charge is -2.21. The molecule has 4 heteroatoms. The van der Waals surface area contributed by atoms with Crippen LogP contribution in [-0.2, 0) is 0 Å². The highest BCUT2D eigenvalue weighted by Gasteiger charge is 2.15. The third-order valence-electron chi connectivity index (χ3n) is 2.02. The summed E-state index contributed by atoms with van der Waals surface area (Å²) >= 11 is 5.82. The van der Waals surface area contributed by atoms with Crippen LogP contribution in [0.25, 0.3) is 0 Å². The lowest BCUT2D eigenvalue weighted by molar-refractivity contribution is 0.0697. The van der Waals surface area contributed by atoms with E-state index in [0.29, 0.717) is 5.69 Å². The molecular weight excluding hydrogens is 226 g/mol. The minimum atomic E-state index is -1.05. The molecule has 0 aromatic heterocycles. The highest BCUT2D eigenvalue weighted by atomic mass is 35.5. The van der Waals surface area contributed by atoms with E-state index >= 15 is 0 Å². The minimum absolute atomic E-state index is 0.0748. The van der Waals surface area contributed by atoms with Crippen molar-refractivity contribution < 1.29 is 9.90 Å². The summed E-state index contributed by atoms with van der Waals surface area (Å²) in [6.07, 6.45) is 5.33. The van der Waals surface area contributed by atoms with E-state index in [2.05, 4.69) is 11.2 Å². The van der Waals surface area contributed by atoms with Crippen LogP contribution in [0.4, 0.5) is 5.69 Å². The molecular formula is C12H12ClNO2. The van der Waals surface area contributed by atoms with E-state index in [1.807, 2.05) is 13.8 Å². The lowest BCUT2D eigenvalue weighted by atomic mass is 10.1. The van der Waals surface area contributed by atoms with Crippen LogP contribution in [-0.4, -0.2) is 16.6 Å². The first kappa shape index (κ1) is 12.4. The van der Waals surface area contributed by atoms with Gasteiger partial charge in [0, 0.05) is 5.69 Å². The quantitative estimate of drug-likeness (QED) is 0.795. The smallest absolute Gasteiger partial charge is 0.337 e. The number of halogens is 1. The lowest BCUT2D eigenvalue weighted by Crippen LogP contribution is -2.28. The van der Waals surface area contributed by atoms with Crippen molar-refractivity contribution in [1.82, 2.24) is 0 Å². The van der Waals surface area contributed by atoms with Crippen molar-refractivity contribution in [3.8, 4) is 12.3 Å². The molecule has 1 aromatic rings. The van der Waals surface area contributed by atoms with Crippen LogP contribution >= 0.6 is 11.6 Å². The number of rotatable bonds is 3. The Morgan fingerprint density at radius 2 is 2.19 bits per heavy atom. The van der Waals surface area contributed by atoms with Crippen LogP contribution < -0.4 is 5.32 Å². The number of hydrogen-bond acceptors (Lipinski definition) is 2. The summed E-state index contributed by atoms with van der Waals surface area (Å²) in [5, 5.41) is 12.0. The molecule has 0 aliphatic heterocycles. The van der Waals surface area contributed by atoms with Crippen molar-refractivity contribution in [2.24, 2.45) is 0 Å². The average molecular weight is 238 g/mol. The van der Waals surface area contributed by atoms with Crippen LogP contribution in [0.1, 0.15) is 24.2 Å². The molecule has 16 heavy (non-hydrogen) atoms. The predicted molar refractivity (Wildman–Crippen MR) is 64.9 cm³/mol. The van der Waals surface area contributed by atoms with Gasteiger partial charge in [-0.3, -0.25) is 0 Å². The van der Waals surface area contributed by atoms with E-state index < -0.39 is 11.5 Å².